The Morgan fingerprint density at radius 2 is 1.90 bits per heavy atom. The van der Waals surface area contributed by atoms with Gasteiger partial charge in [-0.1, -0.05) is 45.0 Å². The molecule has 1 aromatic rings. The van der Waals surface area contributed by atoms with Crippen molar-refractivity contribution in [3.8, 4) is 0 Å². The Labute approximate surface area is 121 Å². The van der Waals surface area contributed by atoms with Crippen LogP contribution in [-0.4, -0.2) is 11.5 Å². The van der Waals surface area contributed by atoms with Gasteiger partial charge in [0.2, 0.25) is 0 Å². The van der Waals surface area contributed by atoms with Crippen LogP contribution < -0.4 is 5.32 Å². The second-order valence-electron chi connectivity index (χ2n) is 6.07. The minimum absolute atomic E-state index is 0.185. The van der Waals surface area contributed by atoms with Gasteiger partial charge in [-0.05, 0) is 36.3 Å². The predicted octanol–water partition coefficient (Wildman–Crippen LogP) is 3.64. The average molecular weight is 276 g/mol. The maximum absolute atomic E-state index is 10.3. The smallest absolute Gasteiger partial charge is 0.252 e. The van der Waals surface area contributed by atoms with Gasteiger partial charge in [0.1, 0.15) is 0 Å². The van der Waals surface area contributed by atoms with E-state index in [1.807, 2.05) is 0 Å². The highest BCUT2D eigenvalue weighted by molar-refractivity contribution is 5.27. The zero-order chi connectivity index (χ0) is 15.2. The first-order valence-electron chi connectivity index (χ1n) is 6.94. The number of aryl methyl sites for hydroxylation is 1. The number of nitrogens with one attached hydrogen (secondary N) is 1. The largest absolute Gasteiger partial charge is 0.384 e. The maximum Gasteiger partial charge on any atom is 0.252 e. The number of rotatable bonds is 6. The first kappa shape index (κ1) is 16.2. The summed E-state index contributed by atoms with van der Waals surface area (Å²) in [5, 5.41) is 13.3. The Morgan fingerprint density at radius 3 is 2.40 bits per heavy atom. The van der Waals surface area contributed by atoms with E-state index in [2.05, 4.69) is 50.4 Å². The summed E-state index contributed by atoms with van der Waals surface area (Å²) in [5.41, 5.74) is 3.42. The van der Waals surface area contributed by atoms with Gasteiger partial charge in [0, 0.05) is 6.54 Å². The second-order valence-corrected chi connectivity index (χ2v) is 6.07. The lowest BCUT2D eigenvalue weighted by molar-refractivity contribution is -0.403. The summed E-state index contributed by atoms with van der Waals surface area (Å²) >= 11 is 0. The molecule has 0 aliphatic carbocycles. The highest BCUT2D eigenvalue weighted by Gasteiger charge is 2.12. The fraction of sp³-hybridized carbons (Fsp3) is 0.500. The molecule has 1 rings (SSSR count). The number of nitrogens with zero attached hydrogens (tertiary/aromatic N) is 1. The fourth-order valence-corrected chi connectivity index (χ4v) is 1.95. The Kier molecular flexibility index (Phi) is 5.74. The van der Waals surface area contributed by atoms with Crippen LogP contribution in [-0.2, 0) is 11.8 Å². The Balaban J connectivity index is 2.38. The van der Waals surface area contributed by atoms with Crippen molar-refractivity contribution in [3.05, 3.63) is 57.4 Å². The van der Waals surface area contributed by atoms with E-state index in [9.17, 15) is 10.1 Å². The van der Waals surface area contributed by atoms with Crippen LogP contribution >= 0.6 is 0 Å². The molecule has 0 aromatic heterocycles. The maximum atomic E-state index is 10.3. The number of benzene rings is 1. The Bertz CT molecular complexity index is 470. The van der Waals surface area contributed by atoms with Gasteiger partial charge in [-0.3, -0.25) is 10.1 Å². The van der Waals surface area contributed by atoms with Gasteiger partial charge >= 0.3 is 0 Å². The van der Waals surface area contributed by atoms with Crippen molar-refractivity contribution in [1.29, 1.82) is 0 Å². The molecule has 0 aliphatic heterocycles. The molecule has 0 saturated carbocycles. The lowest BCUT2D eigenvalue weighted by Gasteiger charge is -2.19. The molecule has 0 spiro atoms. The van der Waals surface area contributed by atoms with Crippen LogP contribution in [0.25, 0.3) is 0 Å². The third kappa shape index (κ3) is 5.87. The molecular weight excluding hydrogens is 252 g/mol. The quantitative estimate of drug-likeness (QED) is 0.490. The molecule has 0 fully saturated rings. The van der Waals surface area contributed by atoms with E-state index in [0.29, 0.717) is 5.70 Å². The van der Waals surface area contributed by atoms with Gasteiger partial charge in [-0.15, -0.1) is 0 Å². The van der Waals surface area contributed by atoms with Crippen LogP contribution in [0.3, 0.4) is 0 Å². The zero-order valence-corrected chi connectivity index (χ0v) is 12.8. The lowest BCUT2D eigenvalue weighted by Crippen LogP contribution is -2.14. The van der Waals surface area contributed by atoms with E-state index in [-0.39, 0.29) is 5.41 Å². The molecule has 4 heteroatoms. The molecule has 0 aliphatic rings. The molecular formula is C16H24N2O2. The summed E-state index contributed by atoms with van der Waals surface area (Å²) in [7, 11) is 0. The van der Waals surface area contributed by atoms with Gasteiger partial charge in [0.05, 0.1) is 10.6 Å². The molecule has 0 atom stereocenters. The monoisotopic (exact) mass is 276 g/mol. The first-order chi connectivity index (χ1) is 9.29. The molecule has 20 heavy (non-hydrogen) atoms. The highest BCUT2D eigenvalue weighted by Crippen LogP contribution is 2.22. The fourth-order valence-electron chi connectivity index (χ4n) is 1.95. The Morgan fingerprint density at radius 1 is 1.30 bits per heavy atom. The number of nitro groups is 1. The second kappa shape index (κ2) is 7.08. The molecule has 0 heterocycles. The number of hydrogen-bond donors (Lipinski definition) is 1. The SMILES string of the molecule is C/C(=C/[N+](=O)[O-])NCCCc1ccc(C(C)(C)C)cc1. The molecule has 0 saturated heterocycles. The number of hydrogen-bond acceptors (Lipinski definition) is 3. The molecule has 1 aromatic carbocycles. The highest BCUT2D eigenvalue weighted by atomic mass is 16.6. The molecule has 0 unspecified atom stereocenters. The van der Waals surface area contributed by atoms with Gasteiger partial charge in [-0.2, -0.15) is 0 Å². The van der Waals surface area contributed by atoms with Crippen molar-refractivity contribution >= 4 is 0 Å². The normalized spacial score (nSPS) is 12.3. The Hall–Kier alpha value is -1.84. The third-order valence-corrected chi connectivity index (χ3v) is 3.17. The van der Waals surface area contributed by atoms with E-state index in [1.54, 1.807) is 6.92 Å². The summed E-state index contributed by atoms with van der Waals surface area (Å²) in [4.78, 5) is 9.83. The van der Waals surface area contributed by atoms with Crippen molar-refractivity contribution < 1.29 is 4.92 Å². The number of allylic oxidation sites excluding steroid dienone is 1. The summed E-state index contributed by atoms with van der Waals surface area (Å²) in [6, 6.07) is 8.70. The zero-order valence-electron chi connectivity index (χ0n) is 12.8. The van der Waals surface area contributed by atoms with Crippen molar-refractivity contribution in [1.82, 2.24) is 5.32 Å². The van der Waals surface area contributed by atoms with Crippen molar-refractivity contribution in [2.75, 3.05) is 6.54 Å². The van der Waals surface area contributed by atoms with Crippen molar-refractivity contribution in [2.45, 2.75) is 46.0 Å². The van der Waals surface area contributed by atoms with Crippen molar-refractivity contribution in [3.63, 3.8) is 0 Å². The van der Waals surface area contributed by atoms with Gasteiger partial charge in [-0.25, -0.2) is 0 Å². The van der Waals surface area contributed by atoms with Crippen LogP contribution in [0, 0.1) is 10.1 Å². The van der Waals surface area contributed by atoms with Gasteiger partial charge in [0.15, 0.2) is 0 Å². The molecule has 0 radical (unpaired) electrons. The minimum Gasteiger partial charge on any atom is -0.384 e. The van der Waals surface area contributed by atoms with Crippen molar-refractivity contribution in [2.24, 2.45) is 0 Å². The summed E-state index contributed by atoms with van der Waals surface area (Å²) in [6.45, 7) is 9.07. The van der Waals surface area contributed by atoms with E-state index < -0.39 is 4.92 Å². The molecule has 1 N–H and O–H groups in total. The van der Waals surface area contributed by atoms with E-state index in [1.165, 1.54) is 11.1 Å². The summed E-state index contributed by atoms with van der Waals surface area (Å²) in [6.07, 6.45) is 2.93. The third-order valence-electron chi connectivity index (χ3n) is 3.17. The van der Waals surface area contributed by atoms with Gasteiger partial charge < -0.3 is 5.32 Å². The van der Waals surface area contributed by atoms with E-state index >= 15 is 0 Å². The van der Waals surface area contributed by atoms with Crippen LogP contribution in [0.2, 0.25) is 0 Å². The molecule has 0 amide bonds. The van der Waals surface area contributed by atoms with Crippen LogP contribution in [0.1, 0.15) is 45.2 Å². The molecule has 0 bridgehead atoms. The summed E-state index contributed by atoms with van der Waals surface area (Å²) in [5.74, 6) is 0. The van der Waals surface area contributed by atoms with Crippen LogP contribution in [0.15, 0.2) is 36.2 Å². The minimum atomic E-state index is -0.437. The van der Waals surface area contributed by atoms with E-state index in [4.69, 9.17) is 0 Å². The molecule has 110 valence electrons. The lowest BCUT2D eigenvalue weighted by atomic mass is 9.86. The molecule has 4 nitrogen and oxygen atoms in total. The predicted molar refractivity (Wildman–Crippen MR) is 82.2 cm³/mol. The van der Waals surface area contributed by atoms with Gasteiger partial charge in [0.25, 0.3) is 6.20 Å². The first-order valence-corrected chi connectivity index (χ1v) is 6.94. The standard InChI is InChI=1S/C16H24N2O2/c1-13(12-18(19)20)17-11-5-6-14-7-9-15(10-8-14)16(2,3)4/h7-10,12,17H,5-6,11H2,1-4H3/b13-12-. The van der Waals surface area contributed by atoms with Crippen LogP contribution in [0.4, 0.5) is 0 Å². The summed E-state index contributed by atoms with van der Waals surface area (Å²) < 4.78 is 0. The average Bonchev–Trinajstić information content (AvgIpc) is 2.33. The van der Waals surface area contributed by atoms with Crippen LogP contribution in [0.5, 0.6) is 0 Å². The topological polar surface area (TPSA) is 55.2 Å². The van der Waals surface area contributed by atoms with E-state index in [0.717, 1.165) is 25.6 Å².